The lowest BCUT2D eigenvalue weighted by Gasteiger charge is -2.28. The molecule has 40 heavy (non-hydrogen) atoms. The van der Waals surface area contributed by atoms with E-state index in [0.29, 0.717) is 35.8 Å². The van der Waals surface area contributed by atoms with E-state index in [0.717, 1.165) is 55.7 Å². The molecular weight excluding hydrogens is 530 g/mol. The minimum Gasteiger partial charge on any atom is -0.378 e. The molecule has 1 aliphatic heterocycles. The van der Waals surface area contributed by atoms with E-state index >= 15 is 0 Å². The lowest BCUT2D eigenvalue weighted by atomic mass is 9.96. The van der Waals surface area contributed by atoms with Gasteiger partial charge in [-0.3, -0.25) is 14.8 Å². The van der Waals surface area contributed by atoms with Gasteiger partial charge in [-0.05, 0) is 67.7 Å². The number of sulfonamides is 1. The predicted molar refractivity (Wildman–Crippen MR) is 151 cm³/mol. The number of nitrogens with zero attached hydrogens (tertiary/aromatic N) is 6. The first-order valence-corrected chi connectivity index (χ1v) is 15.1. The summed E-state index contributed by atoms with van der Waals surface area (Å²) in [5.41, 5.74) is 7.00. The van der Waals surface area contributed by atoms with Crippen molar-refractivity contribution in [3.8, 4) is 11.3 Å². The average molecular weight is 560 g/mol. The van der Waals surface area contributed by atoms with Crippen LogP contribution in [-0.4, -0.2) is 71.5 Å². The molecule has 0 bridgehead atoms. The number of carbonyl (C=O) groups is 1. The molecule has 0 unspecified atom stereocenters. The molecule has 1 N–H and O–H groups in total. The number of pyridine rings is 2. The summed E-state index contributed by atoms with van der Waals surface area (Å²) in [7, 11) is -3.71. The number of rotatable bonds is 6. The minimum atomic E-state index is -3.71. The van der Waals surface area contributed by atoms with Crippen molar-refractivity contribution in [3.05, 3.63) is 71.1 Å². The molecule has 0 radical (unpaired) electrons. The van der Waals surface area contributed by atoms with Gasteiger partial charge in [0.1, 0.15) is 11.4 Å². The molecule has 0 aromatic carbocycles. The summed E-state index contributed by atoms with van der Waals surface area (Å²) in [5, 5.41) is 4.61. The molecule has 12 heteroatoms. The number of amides is 1. The number of fused-ring (bicyclic) bond motifs is 2. The number of ether oxygens (including phenoxy) is 1. The van der Waals surface area contributed by atoms with Crippen LogP contribution in [0.4, 0.5) is 5.69 Å². The average Bonchev–Trinajstić information content (AvgIpc) is 3.34. The molecule has 0 spiro atoms. The van der Waals surface area contributed by atoms with Crippen LogP contribution in [0.2, 0.25) is 0 Å². The fraction of sp³-hybridized carbons (Fsp3) is 0.321. The van der Waals surface area contributed by atoms with E-state index in [-0.39, 0.29) is 5.69 Å². The first-order chi connectivity index (χ1) is 19.4. The van der Waals surface area contributed by atoms with Crippen molar-refractivity contribution < 1.29 is 17.9 Å². The molecule has 1 saturated heterocycles. The summed E-state index contributed by atoms with van der Waals surface area (Å²) in [6.45, 7) is 2.77. The Morgan fingerprint density at radius 1 is 1.02 bits per heavy atom. The largest absolute Gasteiger partial charge is 0.378 e. The first-order valence-electron chi connectivity index (χ1n) is 13.2. The normalized spacial score (nSPS) is 15.9. The molecule has 4 aromatic heterocycles. The quantitative estimate of drug-likeness (QED) is 0.379. The number of carbonyl (C=O) groups excluding carboxylic acids is 1. The SMILES string of the molecule is CS(=O)(=O)NC(=O)c1ccc(-c2c(/C=C/c3ccc4c(n3)CCCC4)nc3c(N4CCOCC4)ccnn23)cn1. The second-order valence-corrected chi connectivity index (χ2v) is 11.7. The molecule has 11 nitrogen and oxygen atoms in total. The Kier molecular flexibility index (Phi) is 7.03. The number of morpholine rings is 1. The van der Waals surface area contributed by atoms with Crippen LogP contribution in [0.25, 0.3) is 29.1 Å². The second kappa shape index (κ2) is 10.8. The van der Waals surface area contributed by atoms with Gasteiger partial charge in [0.2, 0.25) is 10.0 Å². The lowest BCUT2D eigenvalue weighted by Crippen LogP contribution is -2.36. The van der Waals surface area contributed by atoms with Crippen molar-refractivity contribution in [2.45, 2.75) is 25.7 Å². The highest BCUT2D eigenvalue weighted by atomic mass is 32.2. The Bertz CT molecular complexity index is 1710. The van der Waals surface area contributed by atoms with Gasteiger partial charge in [-0.25, -0.2) is 22.6 Å². The van der Waals surface area contributed by atoms with Gasteiger partial charge in [-0.15, -0.1) is 0 Å². The number of aromatic nitrogens is 5. The standard InChI is InChI=1S/C28H29N7O4S/c1-40(37,38)33-28(36)24-10-7-20(18-29-24)26-23(11-9-21-8-6-19-4-2-3-5-22(19)31-21)32-27-25(12-13-30-35(26)27)34-14-16-39-17-15-34/h6-13,18H,2-5,14-17H2,1H3,(H,33,36)/b11-9+. The van der Waals surface area contributed by atoms with E-state index in [1.165, 1.54) is 24.2 Å². The molecule has 1 amide bonds. The Morgan fingerprint density at radius 2 is 1.85 bits per heavy atom. The Morgan fingerprint density at radius 3 is 2.62 bits per heavy atom. The number of imidazole rings is 1. The lowest BCUT2D eigenvalue weighted by molar-refractivity contribution is 0.0977. The number of hydrogen-bond donors (Lipinski definition) is 1. The van der Waals surface area contributed by atoms with E-state index in [4.69, 9.17) is 14.7 Å². The van der Waals surface area contributed by atoms with Crippen molar-refractivity contribution in [2.75, 3.05) is 37.5 Å². The van der Waals surface area contributed by atoms with E-state index in [9.17, 15) is 13.2 Å². The highest BCUT2D eigenvalue weighted by Crippen LogP contribution is 2.31. The summed E-state index contributed by atoms with van der Waals surface area (Å²) >= 11 is 0. The van der Waals surface area contributed by atoms with Gasteiger partial charge in [-0.1, -0.05) is 6.07 Å². The van der Waals surface area contributed by atoms with Gasteiger partial charge in [0.25, 0.3) is 5.91 Å². The summed E-state index contributed by atoms with van der Waals surface area (Å²) in [5.74, 6) is -0.793. The number of anilines is 1. The molecule has 0 saturated carbocycles. The molecule has 6 rings (SSSR count). The molecule has 5 heterocycles. The minimum absolute atomic E-state index is 0.0136. The highest BCUT2D eigenvalue weighted by molar-refractivity contribution is 7.89. The molecule has 1 aliphatic carbocycles. The number of hydrogen-bond acceptors (Lipinski definition) is 9. The third-order valence-electron chi connectivity index (χ3n) is 7.04. The monoisotopic (exact) mass is 559 g/mol. The van der Waals surface area contributed by atoms with Crippen LogP contribution in [0.1, 0.15) is 46.0 Å². The molecule has 4 aromatic rings. The third kappa shape index (κ3) is 5.45. The Balaban J connectivity index is 1.42. The molecule has 206 valence electrons. The zero-order valence-corrected chi connectivity index (χ0v) is 22.9. The highest BCUT2D eigenvalue weighted by Gasteiger charge is 2.21. The van der Waals surface area contributed by atoms with Crippen LogP contribution in [0.3, 0.4) is 0 Å². The van der Waals surface area contributed by atoms with Crippen LogP contribution in [-0.2, 0) is 27.6 Å². The van der Waals surface area contributed by atoms with Crippen LogP contribution in [0, 0.1) is 0 Å². The van der Waals surface area contributed by atoms with Crippen molar-refractivity contribution in [2.24, 2.45) is 0 Å². The predicted octanol–water partition coefficient (Wildman–Crippen LogP) is 2.76. The Labute approximate surface area is 232 Å². The van der Waals surface area contributed by atoms with Crippen LogP contribution >= 0.6 is 0 Å². The smallest absolute Gasteiger partial charge is 0.283 e. The van der Waals surface area contributed by atoms with Crippen LogP contribution in [0.15, 0.2) is 42.7 Å². The van der Waals surface area contributed by atoms with Gasteiger partial charge < -0.3 is 9.64 Å². The van der Waals surface area contributed by atoms with Gasteiger partial charge in [0.15, 0.2) is 5.65 Å². The fourth-order valence-electron chi connectivity index (χ4n) is 5.13. The number of aryl methyl sites for hydroxylation is 2. The van der Waals surface area contributed by atoms with E-state index in [1.807, 2.05) is 29.0 Å². The molecule has 0 atom stereocenters. The summed E-state index contributed by atoms with van der Waals surface area (Å²) in [6, 6.07) is 9.34. The van der Waals surface area contributed by atoms with Gasteiger partial charge in [-0.2, -0.15) is 5.10 Å². The maximum absolute atomic E-state index is 12.3. The molecule has 2 aliphatic rings. The maximum atomic E-state index is 12.3. The molecular formula is C28H29N7O4S. The van der Waals surface area contributed by atoms with Gasteiger partial charge >= 0.3 is 0 Å². The third-order valence-corrected chi connectivity index (χ3v) is 7.59. The maximum Gasteiger partial charge on any atom is 0.283 e. The Hall–Kier alpha value is -4.16. The zero-order valence-electron chi connectivity index (χ0n) is 22.1. The van der Waals surface area contributed by atoms with Crippen molar-refractivity contribution in [1.29, 1.82) is 0 Å². The van der Waals surface area contributed by atoms with Gasteiger partial charge in [0.05, 0.1) is 42.7 Å². The van der Waals surface area contributed by atoms with Crippen LogP contribution in [0.5, 0.6) is 0 Å². The molecule has 1 fully saturated rings. The topological polar surface area (TPSA) is 132 Å². The van der Waals surface area contributed by atoms with Crippen molar-refractivity contribution in [1.82, 2.24) is 29.3 Å². The van der Waals surface area contributed by atoms with Gasteiger partial charge in [0, 0.05) is 30.5 Å². The van der Waals surface area contributed by atoms with E-state index in [2.05, 4.69) is 21.0 Å². The van der Waals surface area contributed by atoms with Crippen molar-refractivity contribution >= 4 is 39.4 Å². The van der Waals surface area contributed by atoms with E-state index < -0.39 is 15.9 Å². The second-order valence-electron chi connectivity index (χ2n) is 9.91. The number of nitrogens with one attached hydrogen (secondary N) is 1. The zero-order chi connectivity index (χ0) is 27.7. The van der Waals surface area contributed by atoms with Crippen molar-refractivity contribution in [3.63, 3.8) is 0 Å². The summed E-state index contributed by atoms with van der Waals surface area (Å²) in [6.07, 6.45) is 12.5. The summed E-state index contributed by atoms with van der Waals surface area (Å²) in [4.78, 5) is 28.6. The fourth-order valence-corrected chi connectivity index (χ4v) is 5.58. The first kappa shape index (κ1) is 26.1. The van der Waals surface area contributed by atoms with E-state index in [1.54, 1.807) is 16.8 Å². The van der Waals surface area contributed by atoms with Crippen LogP contribution < -0.4 is 9.62 Å². The summed E-state index contributed by atoms with van der Waals surface area (Å²) < 4.78 is 32.2.